The van der Waals surface area contributed by atoms with Crippen molar-refractivity contribution in [3.05, 3.63) is 77.3 Å². The maximum atomic E-state index is 12.2. The lowest BCUT2D eigenvalue weighted by molar-refractivity contribution is 0.251. The minimum Gasteiger partial charge on any atom is -0.408 e. The summed E-state index contributed by atoms with van der Waals surface area (Å²) in [4.78, 5) is 24.1. The van der Waals surface area contributed by atoms with E-state index in [9.17, 15) is 9.59 Å². The van der Waals surface area contributed by atoms with Crippen LogP contribution in [-0.4, -0.2) is 17.1 Å². The monoisotopic (exact) mass is 347 g/mol. The Balaban J connectivity index is 1.42. The van der Waals surface area contributed by atoms with E-state index in [1.807, 2.05) is 60.7 Å². The fourth-order valence-electron chi connectivity index (χ4n) is 3.01. The van der Waals surface area contributed by atoms with Crippen molar-refractivity contribution in [2.45, 2.75) is 6.54 Å². The molecule has 26 heavy (non-hydrogen) atoms. The first kappa shape index (κ1) is 16.0. The average Bonchev–Trinajstić information content (AvgIpc) is 2.98. The van der Waals surface area contributed by atoms with Crippen molar-refractivity contribution in [3.63, 3.8) is 0 Å². The van der Waals surface area contributed by atoms with Crippen LogP contribution in [0.15, 0.2) is 75.9 Å². The van der Waals surface area contributed by atoms with Crippen LogP contribution in [0, 0.1) is 0 Å². The molecule has 0 aliphatic heterocycles. The molecule has 0 spiro atoms. The Labute approximate surface area is 149 Å². The van der Waals surface area contributed by atoms with Crippen LogP contribution in [0.3, 0.4) is 0 Å². The highest BCUT2D eigenvalue weighted by Gasteiger charge is 2.09. The second-order valence-electron chi connectivity index (χ2n) is 5.89. The zero-order valence-electron chi connectivity index (χ0n) is 13.9. The summed E-state index contributed by atoms with van der Waals surface area (Å²) in [5, 5.41) is 7.66. The van der Waals surface area contributed by atoms with Crippen LogP contribution in [0.5, 0.6) is 0 Å². The number of carbonyl (C=O) groups is 1. The number of hydrogen-bond donors (Lipinski definition) is 2. The third kappa shape index (κ3) is 3.04. The number of amides is 2. The van der Waals surface area contributed by atoms with Crippen molar-refractivity contribution in [2.75, 3.05) is 11.9 Å². The van der Waals surface area contributed by atoms with Crippen LogP contribution in [0.4, 0.5) is 10.5 Å². The molecule has 1 heterocycles. The van der Waals surface area contributed by atoms with Gasteiger partial charge in [0, 0.05) is 18.5 Å². The second-order valence-corrected chi connectivity index (χ2v) is 5.89. The highest BCUT2D eigenvalue weighted by atomic mass is 16.4. The van der Waals surface area contributed by atoms with Crippen LogP contribution < -0.4 is 16.4 Å². The van der Waals surface area contributed by atoms with E-state index in [-0.39, 0.29) is 6.03 Å². The molecule has 4 aromatic rings. The van der Waals surface area contributed by atoms with Crippen molar-refractivity contribution < 1.29 is 9.21 Å². The van der Waals surface area contributed by atoms with Crippen LogP contribution in [0.1, 0.15) is 0 Å². The minimum atomic E-state index is -0.428. The molecule has 6 heteroatoms. The number of carbonyl (C=O) groups excluding carboxylic acids is 1. The molecule has 0 atom stereocenters. The second kappa shape index (κ2) is 6.76. The molecule has 130 valence electrons. The molecular weight excluding hydrogens is 330 g/mol. The lowest BCUT2D eigenvalue weighted by Gasteiger charge is -2.10. The van der Waals surface area contributed by atoms with Gasteiger partial charge in [0.05, 0.1) is 11.2 Å². The van der Waals surface area contributed by atoms with E-state index in [0.717, 1.165) is 16.5 Å². The molecule has 4 rings (SSSR count). The number of nitrogens with one attached hydrogen (secondary N) is 2. The molecule has 1 aromatic heterocycles. The maximum absolute atomic E-state index is 12.2. The summed E-state index contributed by atoms with van der Waals surface area (Å²) in [7, 11) is 0. The van der Waals surface area contributed by atoms with Gasteiger partial charge < -0.3 is 15.1 Å². The lowest BCUT2D eigenvalue weighted by Crippen LogP contribution is -2.33. The Morgan fingerprint density at radius 1 is 0.962 bits per heavy atom. The number of urea groups is 1. The number of rotatable bonds is 4. The average molecular weight is 347 g/mol. The smallest absolute Gasteiger partial charge is 0.408 e. The van der Waals surface area contributed by atoms with Crippen LogP contribution in [0.2, 0.25) is 0 Å². The van der Waals surface area contributed by atoms with Gasteiger partial charge >= 0.3 is 11.8 Å². The Morgan fingerprint density at radius 2 is 1.73 bits per heavy atom. The van der Waals surface area contributed by atoms with Gasteiger partial charge in [-0.2, -0.15) is 0 Å². The molecule has 0 saturated heterocycles. The molecule has 0 aliphatic rings. The first-order valence-corrected chi connectivity index (χ1v) is 8.33. The molecule has 3 aromatic carbocycles. The van der Waals surface area contributed by atoms with E-state index in [0.29, 0.717) is 24.2 Å². The molecule has 0 bridgehead atoms. The Hall–Kier alpha value is -3.54. The van der Waals surface area contributed by atoms with Gasteiger partial charge in [-0.15, -0.1) is 0 Å². The number of benzene rings is 3. The van der Waals surface area contributed by atoms with Gasteiger partial charge in [-0.1, -0.05) is 48.5 Å². The Morgan fingerprint density at radius 3 is 2.65 bits per heavy atom. The predicted octanol–water partition coefficient (Wildman–Crippen LogP) is 3.57. The first-order chi connectivity index (χ1) is 12.7. The largest absolute Gasteiger partial charge is 0.420 e. The topological polar surface area (TPSA) is 76.3 Å². The molecule has 0 saturated carbocycles. The maximum Gasteiger partial charge on any atom is 0.420 e. The van der Waals surface area contributed by atoms with E-state index in [4.69, 9.17) is 4.42 Å². The fourth-order valence-corrected chi connectivity index (χ4v) is 3.01. The fraction of sp³-hybridized carbons (Fsp3) is 0.100. The SMILES string of the molecule is O=C(NCCn1c(=O)oc2ccccc21)Nc1cccc2ccccc12. The van der Waals surface area contributed by atoms with E-state index in [2.05, 4.69) is 10.6 Å². The number of nitrogens with zero attached hydrogens (tertiary/aromatic N) is 1. The number of oxazole rings is 1. The standard InChI is InChI=1S/C20H17N3O3/c24-19(22-16-9-5-7-14-6-1-2-8-15(14)16)21-12-13-23-17-10-3-4-11-18(17)26-20(23)25/h1-11H,12-13H2,(H2,21,22,24). The molecule has 6 nitrogen and oxygen atoms in total. The number of fused-ring (bicyclic) bond motifs is 2. The summed E-state index contributed by atoms with van der Waals surface area (Å²) in [5.41, 5.74) is 2.00. The van der Waals surface area contributed by atoms with Crippen molar-refractivity contribution in [3.8, 4) is 0 Å². The highest BCUT2D eigenvalue weighted by molar-refractivity contribution is 6.01. The number of aromatic nitrogens is 1. The molecule has 2 amide bonds. The molecule has 0 fully saturated rings. The third-order valence-electron chi connectivity index (χ3n) is 4.23. The lowest BCUT2D eigenvalue weighted by atomic mass is 10.1. The zero-order valence-corrected chi connectivity index (χ0v) is 13.9. The molecular formula is C20H17N3O3. The van der Waals surface area contributed by atoms with Crippen molar-refractivity contribution in [2.24, 2.45) is 0 Å². The van der Waals surface area contributed by atoms with E-state index < -0.39 is 5.76 Å². The van der Waals surface area contributed by atoms with Gasteiger partial charge in [0.25, 0.3) is 0 Å². The van der Waals surface area contributed by atoms with Crippen LogP contribution in [-0.2, 0) is 6.54 Å². The van der Waals surface area contributed by atoms with E-state index in [1.165, 1.54) is 4.57 Å². The summed E-state index contributed by atoms with van der Waals surface area (Å²) in [5.74, 6) is -0.428. The zero-order chi connectivity index (χ0) is 17.9. The summed E-state index contributed by atoms with van der Waals surface area (Å²) in [6, 6.07) is 20.5. The third-order valence-corrected chi connectivity index (χ3v) is 4.23. The number of anilines is 1. The van der Waals surface area contributed by atoms with Crippen molar-refractivity contribution in [1.29, 1.82) is 0 Å². The van der Waals surface area contributed by atoms with Gasteiger partial charge in [0.1, 0.15) is 0 Å². The van der Waals surface area contributed by atoms with E-state index >= 15 is 0 Å². The van der Waals surface area contributed by atoms with Gasteiger partial charge in [0.15, 0.2) is 5.58 Å². The molecule has 0 aliphatic carbocycles. The first-order valence-electron chi connectivity index (χ1n) is 8.33. The summed E-state index contributed by atoms with van der Waals surface area (Å²) in [6.07, 6.45) is 0. The summed E-state index contributed by atoms with van der Waals surface area (Å²) < 4.78 is 6.69. The van der Waals surface area contributed by atoms with Gasteiger partial charge in [0.2, 0.25) is 0 Å². The Bertz CT molecular complexity index is 1140. The van der Waals surface area contributed by atoms with Crippen molar-refractivity contribution in [1.82, 2.24) is 9.88 Å². The molecule has 2 N–H and O–H groups in total. The molecule has 0 unspecified atom stereocenters. The number of para-hydroxylation sites is 2. The summed E-state index contributed by atoms with van der Waals surface area (Å²) in [6.45, 7) is 0.638. The van der Waals surface area contributed by atoms with Crippen LogP contribution in [0.25, 0.3) is 21.9 Å². The quantitative estimate of drug-likeness (QED) is 0.592. The van der Waals surface area contributed by atoms with E-state index in [1.54, 1.807) is 6.07 Å². The Kier molecular flexibility index (Phi) is 4.15. The van der Waals surface area contributed by atoms with Gasteiger partial charge in [-0.25, -0.2) is 9.59 Å². The van der Waals surface area contributed by atoms with Crippen LogP contribution >= 0.6 is 0 Å². The van der Waals surface area contributed by atoms with Gasteiger partial charge in [-0.3, -0.25) is 4.57 Å². The summed E-state index contributed by atoms with van der Waals surface area (Å²) >= 11 is 0. The highest BCUT2D eigenvalue weighted by Crippen LogP contribution is 2.22. The number of hydrogen-bond acceptors (Lipinski definition) is 3. The van der Waals surface area contributed by atoms with Gasteiger partial charge in [-0.05, 0) is 23.6 Å². The predicted molar refractivity (Wildman–Crippen MR) is 101 cm³/mol. The molecule has 0 radical (unpaired) electrons. The van der Waals surface area contributed by atoms with Crippen molar-refractivity contribution >= 4 is 33.6 Å². The normalized spacial score (nSPS) is 10.9. The minimum absolute atomic E-state index is 0.306.